The monoisotopic (exact) mass is 326 g/mol. The van der Waals surface area contributed by atoms with Gasteiger partial charge in [-0.05, 0) is 61.6 Å². The van der Waals surface area contributed by atoms with E-state index in [1.807, 2.05) is 6.08 Å². The van der Waals surface area contributed by atoms with Gasteiger partial charge >= 0.3 is 12.1 Å². The average molecular weight is 326 g/mol. The molecule has 2 rings (SSSR count). The average Bonchev–Trinajstić information content (AvgIpc) is 2.51. The number of carboxylic acid groups (broad SMARTS) is 1. The van der Waals surface area contributed by atoms with Gasteiger partial charge in [0, 0.05) is 6.42 Å². The Hall–Kier alpha value is -1.78. The third kappa shape index (κ3) is 5.41. The van der Waals surface area contributed by atoms with E-state index in [4.69, 9.17) is 5.11 Å². The van der Waals surface area contributed by atoms with Crippen LogP contribution in [-0.2, 0) is 11.0 Å². The summed E-state index contributed by atoms with van der Waals surface area (Å²) >= 11 is 0. The summed E-state index contributed by atoms with van der Waals surface area (Å²) in [6.07, 6.45) is 4.34. The summed E-state index contributed by atoms with van der Waals surface area (Å²) in [5.41, 5.74) is 0.377. The molecule has 0 spiro atoms. The zero-order valence-corrected chi connectivity index (χ0v) is 12.9. The largest absolute Gasteiger partial charge is 0.481 e. The maximum Gasteiger partial charge on any atom is 0.416 e. The highest BCUT2D eigenvalue weighted by molar-refractivity contribution is 5.66. The van der Waals surface area contributed by atoms with Crippen LogP contribution in [0, 0.1) is 5.92 Å². The van der Waals surface area contributed by atoms with E-state index in [-0.39, 0.29) is 6.42 Å². The highest BCUT2D eigenvalue weighted by Crippen LogP contribution is 2.37. The molecule has 0 aliphatic heterocycles. The second kappa shape index (κ2) is 7.66. The van der Waals surface area contributed by atoms with Crippen molar-refractivity contribution < 1.29 is 23.1 Å². The van der Waals surface area contributed by atoms with E-state index >= 15 is 0 Å². The highest BCUT2D eigenvalue weighted by Gasteiger charge is 2.30. The first-order chi connectivity index (χ1) is 10.9. The molecule has 0 atom stereocenters. The Morgan fingerprint density at radius 1 is 1.13 bits per heavy atom. The molecule has 0 bridgehead atoms. The third-order valence-electron chi connectivity index (χ3n) is 4.41. The van der Waals surface area contributed by atoms with Gasteiger partial charge in [0.2, 0.25) is 0 Å². The summed E-state index contributed by atoms with van der Waals surface area (Å²) < 4.78 is 37.7. The van der Waals surface area contributed by atoms with Crippen molar-refractivity contribution in [3.63, 3.8) is 0 Å². The smallest absolute Gasteiger partial charge is 0.416 e. The zero-order chi connectivity index (χ0) is 16.9. The molecule has 126 valence electrons. The second-order valence-electron chi connectivity index (χ2n) is 6.09. The number of allylic oxidation sites excluding steroid dienone is 2. The molecular weight excluding hydrogens is 305 g/mol. The molecule has 0 saturated heterocycles. The molecule has 1 aromatic carbocycles. The van der Waals surface area contributed by atoms with Gasteiger partial charge in [0.15, 0.2) is 0 Å². The first kappa shape index (κ1) is 17.6. The number of carbonyl (C=O) groups is 1. The molecule has 0 amide bonds. The van der Waals surface area contributed by atoms with Crippen molar-refractivity contribution in [3.05, 3.63) is 47.5 Å². The number of rotatable bonds is 5. The predicted molar refractivity (Wildman–Crippen MR) is 82.2 cm³/mol. The number of hydrogen-bond donors (Lipinski definition) is 1. The minimum absolute atomic E-state index is 0.150. The number of hydrogen-bond acceptors (Lipinski definition) is 1. The fraction of sp³-hybridized carbons (Fsp3) is 0.500. The molecule has 0 unspecified atom stereocenters. The van der Waals surface area contributed by atoms with E-state index in [0.717, 1.165) is 43.4 Å². The number of halogens is 3. The predicted octanol–water partition coefficient (Wildman–Crippen LogP) is 5.40. The van der Waals surface area contributed by atoms with Crippen LogP contribution in [0.4, 0.5) is 13.2 Å². The summed E-state index contributed by atoms with van der Waals surface area (Å²) in [6.45, 7) is 0. The molecule has 5 heteroatoms. The van der Waals surface area contributed by atoms with Crippen molar-refractivity contribution in [2.45, 2.75) is 50.6 Å². The number of alkyl halides is 3. The lowest BCUT2D eigenvalue weighted by Gasteiger charge is -2.27. The van der Waals surface area contributed by atoms with Gasteiger partial charge in [-0.25, -0.2) is 0 Å². The molecule has 0 radical (unpaired) electrons. The Labute approximate surface area is 134 Å². The van der Waals surface area contributed by atoms with E-state index in [9.17, 15) is 18.0 Å². The van der Waals surface area contributed by atoms with Crippen LogP contribution in [0.2, 0.25) is 0 Å². The van der Waals surface area contributed by atoms with Crippen LogP contribution in [0.5, 0.6) is 0 Å². The summed E-state index contributed by atoms with van der Waals surface area (Å²) in [4.78, 5) is 10.4. The normalized spacial score (nSPS) is 22.4. The Balaban J connectivity index is 1.83. The minimum atomic E-state index is -4.28. The maximum atomic E-state index is 12.6. The van der Waals surface area contributed by atoms with Crippen LogP contribution >= 0.6 is 0 Å². The topological polar surface area (TPSA) is 37.3 Å². The van der Waals surface area contributed by atoms with Crippen LogP contribution in [0.1, 0.15) is 55.6 Å². The molecule has 1 aliphatic rings. The van der Waals surface area contributed by atoms with Crippen molar-refractivity contribution >= 4 is 5.97 Å². The van der Waals surface area contributed by atoms with Crippen molar-refractivity contribution in [2.75, 3.05) is 0 Å². The van der Waals surface area contributed by atoms with E-state index in [0.29, 0.717) is 18.3 Å². The zero-order valence-electron chi connectivity index (χ0n) is 12.9. The van der Waals surface area contributed by atoms with Gasteiger partial charge in [-0.1, -0.05) is 24.3 Å². The lowest BCUT2D eigenvalue weighted by Crippen LogP contribution is -2.12. The Bertz CT molecular complexity index is 538. The fourth-order valence-corrected chi connectivity index (χ4v) is 3.08. The van der Waals surface area contributed by atoms with Gasteiger partial charge in [0.1, 0.15) is 0 Å². The summed E-state index contributed by atoms with van der Waals surface area (Å²) in [6, 6.07) is 5.51. The first-order valence-electron chi connectivity index (χ1n) is 7.92. The van der Waals surface area contributed by atoms with E-state index in [1.165, 1.54) is 0 Å². The van der Waals surface area contributed by atoms with Gasteiger partial charge in [0.05, 0.1) is 5.56 Å². The second-order valence-corrected chi connectivity index (χ2v) is 6.09. The quantitative estimate of drug-likeness (QED) is 0.736. The van der Waals surface area contributed by atoms with Crippen molar-refractivity contribution in [2.24, 2.45) is 5.92 Å². The first-order valence-corrected chi connectivity index (χ1v) is 7.92. The molecule has 2 nitrogen and oxygen atoms in total. The Morgan fingerprint density at radius 3 is 2.26 bits per heavy atom. The number of aliphatic carboxylic acids is 1. The van der Waals surface area contributed by atoms with E-state index < -0.39 is 17.7 Å². The highest BCUT2D eigenvalue weighted by atomic mass is 19.4. The van der Waals surface area contributed by atoms with Gasteiger partial charge in [0.25, 0.3) is 0 Å². The molecule has 1 N–H and O–H groups in total. The van der Waals surface area contributed by atoms with Crippen LogP contribution in [0.3, 0.4) is 0 Å². The number of carboxylic acids is 1. The third-order valence-corrected chi connectivity index (χ3v) is 4.41. The van der Waals surface area contributed by atoms with Gasteiger partial charge in [-0.2, -0.15) is 13.2 Å². The van der Waals surface area contributed by atoms with Crippen LogP contribution < -0.4 is 0 Å². The number of benzene rings is 1. The molecule has 1 aromatic rings. The van der Waals surface area contributed by atoms with E-state index in [1.54, 1.807) is 12.1 Å². The molecule has 1 aliphatic carbocycles. The standard InChI is InChI=1S/C18H21F3O2/c19-18(20,21)16-11-9-15(10-12-16)14-7-5-13(6-8-14)3-1-2-4-17(22)23/h1,3,9-14H,2,4-8H2,(H,22,23). The van der Waals surface area contributed by atoms with Gasteiger partial charge in [-0.15, -0.1) is 0 Å². The molecule has 0 aromatic heterocycles. The van der Waals surface area contributed by atoms with Crippen molar-refractivity contribution in [1.29, 1.82) is 0 Å². The SMILES string of the molecule is O=C(O)CCC=CC1CCC(c2ccc(C(F)(F)F)cc2)CC1. The van der Waals surface area contributed by atoms with Crippen LogP contribution in [-0.4, -0.2) is 11.1 Å². The Kier molecular flexibility index (Phi) is 5.85. The van der Waals surface area contributed by atoms with Crippen LogP contribution in [0.25, 0.3) is 0 Å². The summed E-state index contributed by atoms with van der Waals surface area (Å²) in [5.74, 6) is -0.0175. The summed E-state index contributed by atoms with van der Waals surface area (Å²) in [5, 5.41) is 8.58. The Morgan fingerprint density at radius 2 is 1.74 bits per heavy atom. The van der Waals surface area contributed by atoms with Gasteiger partial charge < -0.3 is 5.11 Å². The molecule has 1 saturated carbocycles. The lowest BCUT2D eigenvalue weighted by molar-refractivity contribution is -0.138. The van der Waals surface area contributed by atoms with Gasteiger partial charge in [-0.3, -0.25) is 4.79 Å². The van der Waals surface area contributed by atoms with E-state index in [2.05, 4.69) is 6.08 Å². The lowest BCUT2D eigenvalue weighted by atomic mass is 9.78. The molecule has 1 fully saturated rings. The van der Waals surface area contributed by atoms with Crippen molar-refractivity contribution in [1.82, 2.24) is 0 Å². The minimum Gasteiger partial charge on any atom is -0.481 e. The van der Waals surface area contributed by atoms with Crippen molar-refractivity contribution in [3.8, 4) is 0 Å². The fourth-order valence-electron chi connectivity index (χ4n) is 3.08. The molecular formula is C18H21F3O2. The van der Waals surface area contributed by atoms with Crippen LogP contribution in [0.15, 0.2) is 36.4 Å². The maximum absolute atomic E-state index is 12.6. The molecule has 23 heavy (non-hydrogen) atoms. The molecule has 0 heterocycles. The summed E-state index contributed by atoms with van der Waals surface area (Å²) in [7, 11) is 0.